The molecule has 196 valence electrons. The lowest BCUT2D eigenvalue weighted by Gasteiger charge is -2.28. The molecule has 0 heterocycles. The molecule has 0 aromatic heterocycles. The van der Waals surface area contributed by atoms with E-state index in [1.807, 2.05) is 0 Å². The molecule has 1 aliphatic carbocycles. The minimum absolute atomic E-state index is 0.0452. The summed E-state index contributed by atoms with van der Waals surface area (Å²) in [6.45, 7) is 5.79. The molecule has 0 saturated carbocycles. The largest absolute Gasteiger partial charge is 0.446 e. The number of carbonyl (C=O) groups excluding carboxylic acids is 1. The number of nitro groups is 1. The third-order valence-corrected chi connectivity index (χ3v) is 6.51. The standard InChI is InChI=1S/C26H32F3N3O4/c1-3-5-9-31(4-2)24-15-19-8-6-7-18(19)13-20(24)14-23(36-25(30)33)12-17-10-21(26(27,28)29)16-22(11-17)32(34)35/h10-11,13,15-16,23H,3-9,12,14H2,1-2H3,(H2,30,33). The first kappa shape index (κ1) is 27.3. The van der Waals surface area contributed by atoms with Gasteiger partial charge in [0.25, 0.3) is 5.69 Å². The van der Waals surface area contributed by atoms with Gasteiger partial charge in [-0.15, -0.1) is 0 Å². The number of unbranched alkanes of at least 4 members (excludes halogenated alkanes) is 1. The van der Waals surface area contributed by atoms with Crippen LogP contribution in [0.1, 0.15) is 60.9 Å². The summed E-state index contributed by atoms with van der Waals surface area (Å²) in [6, 6.07) is 6.70. The number of non-ortho nitro benzene ring substituents is 1. The van der Waals surface area contributed by atoms with Crippen LogP contribution < -0.4 is 10.6 Å². The van der Waals surface area contributed by atoms with E-state index in [2.05, 4.69) is 30.9 Å². The number of nitrogens with zero attached hydrogens (tertiary/aromatic N) is 2. The van der Waals surface area contributed by atoms with Crippen molar-refractivity contribution in [2.45, 2.75) is 71.1 Å². The molecule has 0 saturated heterocycles. The van der Waals surface area contributed by atoms with E-state index < -0.39 is 34.5 Å². The van der Waals surface area contributed by atoms with Crippen molar-refractivity contribution in [1.29, 1.82) is 0 Å². The number of ether oxygens (including phenoxy) is 1. The van der Waals surface area contributed by atoms with Gasteiger partial charge in [-0.2, -0.15) is 13.2 Å². The van der Waals surface area contributed by atoms with E-state index in [4.69, 9.17) is 10.5 Å². The lowest BCUT2D eigenvalue weighted by molar-refractivity contribution is -0.385. The summed E-state index contributed by atoms with van der Waals surface area (Å²) in [7, 11) is 0. The number of fused-ring (bicyclic) bond motifs is 1. The molecular weight excluding hydrogens is 475 g/mol. The van der Waals surface area contributed by atoms with Crippen LogP contribution in [-0.2, 0) is 36.6 Å². The molecule has 0 fully saturated rings. The number of primary amides is 1. The van der Waals surface area contributed by atoms with Gasteiger partial charge in [0.15, 0.2) is 0 Å². The molecule has 0 aliphatic heterocycles. The Labute approximate surface area is 208 Å². The first-order valence-electron chi connectivity index (χ1n) is 12.2. The van der Waals surface area contributed by atoms with E-state index in [1.54, 1.807) is 0 Å². The maximum atomic E-state index is 13.4. The van der Waals surface area contributed by atoms with Crippen molar-refractivity contribution in [1.82, 2.24) is 0 Å². The number of hydrogen-bond donors (Lipinski definition) is 1. The molecule has 10 heteroatoms. The van der Waals surface area contributed by atoms with Crippen molar-refractivity contribution in [2.75, 3.05) is 18.0 Å². The summed E-state index contributed by atoms with van der Waals surface area (Å²) in [5.41, 5.74) is 7.97. The van der Waals surface area contributed by atoms with Gasteiger partial charge in [-0.3, -0.25) is 10.1 Å². The first-order valence-corrected chi connectivity index (χ1v) is 12.2. The van der Waals surface area contributed by atoms with Crippen molar-refractivity contribution in [3.05, 3.63) is 68.3 Å². The van der Waals surface area contributed by atoms with Crippen molar-refractivity contribution in [2.24, 2.45) is 5.73 Å². The third kappa shape index (κ3) is 6.89. The van der Waals surface area contributed by atoms with Crippen LogP contribution in [0.5, 0.6) is 0 Å². The Morgan fingerprint density at radius 3 is 2.42 bits per heavy atom. The zero-order valence-electron chi connectivity index (χ0n) is 20.6. The highest BCUT2D eigenvalue weighted by atomic mass is 19.4. The maximum absolute atomic E-state index is 13.4. The number of hydrogen-bond acceptors (Lipinski definition) is 5. The average Bonchev–Trinajstić information content (AvgIpc) is 3.25. The zero-order chi connectivity index (χ0) is 26.5. The Morgan fingerprint density at radius 2 is 1.83 bits per heavy atom. The van der Waals surface area contributed by atoms with Gasteiger partial charge in [0, 0.05) is 43.8 Å². The molecule has 1 unspecified atom stereocenters. The fourth-order valence-corrected chi connectivity index (χ4v) is 4.81. The molecule has 1 atom stereocenters. The van der Waals surface area contributed by atoms with E-state index in [0.717, 1.165) is 68.6 Å². The van der Waals surface area contributed by atoms with Gasteiger partial charge in [0.05, 0.1) is 10.5 Å². The van der Waals surface area contributed by atoms with E-state index >= 15 is 0 Å². The monoisotopic (exact) mass is 507 g/mol. The average molecular weight is 508 g/mol. The van der Waals surface area contributed by atoms with Gasteiger partial charge in [-0.25, -0.2) is 4.79 Å². The van der Waals surface area contributed by atoms with Crippen molar-refractivity contribution in [3.63, 3.8) is 0 Å². The Morgan fingerprint density at radius 1 is 1.14 bits per heavy atom. The number of benzene rings is 2. The van der Waals surface area contributed by atoms with Gasteiger partial charge in [0.2, 0.25) is 0 Å². The second-order valence-electron chi connectivity index (χ2n) is 9.15. The number of alkyl halides is 3. The lowest BCUT2D eigenvalue weighted by Crippen LogP contribution is -2.29. The summed E-state index contributed by atoms with van der Waals surface area (Å²) in [5.74, 6) is 0. The van der Waals surface area contributed by atoms with Crippen LogP contribution in [0.4, 0.5) is 29.3 Å². The Balaban J connectivity index is 1.99. The van der Waals surface area contributed by atoms with Crippen LogP contribution in [-0.4, -0.2) is 30.2 Å². The second-order valence-corrected chi connectivity index (χ2v) is 9.15. The molecule has 2 N–H and O–H groups in total. The maximum Gasteiger partial charge on any atom is 0.416 e. The number of rotatable bonds is 11. The van der Waals surface area contributed by atoms with Crippen LogP contribution in [0.3, 0.4) is 0 Å². The van der Waals surface area contributed by atoms with Gasteiger partial charge < -0.3 is 15.4 Å². The highest BCUT2D eigenvalue weighted by Crippen LogP contribution is 2.35. The fourth-order valence-electron chi connectivity index (χ4n) is 4.81. The molecule has 2 aromatic rings. The molecule has 0 spiro atoms. The van der Waals surface area contributed by atoms with Crippen LogP contribution in [0, 0.1) is 10.1 Å². The molecule has 36 heavy (non-hydrogen) atoms. The SMILES string of the molecule is CCCCN(CC)c1cc2c(cc1CC(Cc1cc([N+](=O)[O-])cc(C(F)(F)F)c1)OC(N)=O)CCC2. The molecule has 1 aliphatic rings. The Hall–Kier alpha value is -3.30. The summed E-state index contributed by atoms with van der Waals surface area (Å²) >= 11 is 0. The number of anilines is 1. The second kappa shape index (κ2) is 11.6. The number of aryl methyl sites for hydroxylation is 2. The van der Waals surface area contributed by atoms with E-state index in [0.29, 0.717) is 6.07 Å². The summed E-state index contributed by atoms with van der Waals surface area (Å²) in [5, 5.41) is 11.3. The Bertz CT molecular complexity index is 1100. The van der Waals surface area contributed by atoms with Gasteiger partial charge in [0.1, 0.15) is 6.10 Å². The number of nitrogens with two attached hydrogens (primary N) is 1. The number of amides is 1. The van der Waals surface area contributed by atoms with E-state index in [-0.39, 0.29) is 18.4 Å². The highest BCUT2D eigenvalue weighted by molar-refractivity contribution is 5.65. The Kier molecular flexibility index (Phi) is 8.81. The van der Waals surface area contributed by atoms with Crippen molar-refractivity contribution < 1.29 is 27.6 Å². The van der Waals surface area contributed by atoms with Crippen LogP contribution >= 0.6 is 0 Å². The number of carbonyl (C=O) groups is 1. The minimum atomic E-state index is -4.76. The molecule has 7 nitrogen and oxygen atoms in total. The smallest absolute Gasteiger partial charge is 0.416 e. The fraction of sp³-hybridized carbons (Fsp3) is 0.500. The predicted molar refractivity (Wildman–Crippen MR) is 131 cm³/mol. The lowest BCUT2D eigenvalue weighted by atomic mass is 9.95. The third-order valence-electron chi connectivity index (χ3n) is 6.51. The molecule has 0 bridgehead atoms. The molecule has 3 rings (SSSR count). The summed E-state index contributed by atoms with van der Waals surface area (Å²) < 4.78 is 45.5. The predicted octanol–water partition coefficient (Wildman–Crippen LogP) is 5.98. The normalized spacial score (nSPS) is 13.8. The van der Waals surface area contributed by atoms with E-state index in [1.165, 1.54) is 11.1 Å². The van der Waals surface area contributed by atoms with Gasteiger partial charge >= 0.3 is 12.3 Å². The van der Waals surface area contributed by atoms with Crippen LogP contribution in [0.15, 0.2) is 30.3 Å². The van der Waals surface area contributed by atoms with Crippen molar-refractivity contribution >= 4 is 17.5 Å². The summed E-state index contributed by atoms with van der Waals surface area (Å²) in [4.78, 5) is 24.3. The number of halogens is 3. The molecule has 0 radical (unpaired) electrons. The summed E-state index contributed by atoms with van der Waals surface area (Å²) in [6.07, 6.45) is -1.63. The molecular formula is C26H32F3N3O4. The molecule has 2 aromatic carbocycles. The number of nitro benzene ring substituents is 1. The van der Waals surface area contributed by atoms with Gasteiger partial charge in [-0.05, 0) is 67.0 Å². The zero-order valence-corrected chi connectivity index (χ0v) is 20.6. The quantitative estimate of drug-likeness (QED) is 0.298. The minimum Gasteiger partial charge on any atom is -0.446 e. The van der Waals surface area contributed by atoms with Crippen LogP contribution in [0.25, 0.3) is 0 Å². The highest BCUT2D eigenvalue weighted by Gasteiger charge is 2.33. The topological polar surface area (TPSA) is 98.7 Å². The van der Waals surface area contributed by atoms with Crippen molar-refractivity contribution in [3.8, 4) is 0 Å². The van der Waals surface area contributed by atoms with Crippen LogP contribution in [0.2, 0.25) is 0 Å². The first-order chi connectivity index (χ1) is 17.0. The van der Waals surface area contributed by atoms with E-state index in [9.17, 15) is 28.1 Å². The molecule has 1 amide bonds. The van der Waals surface area contributed by atoms with Gasteiger partial charge in [-0.1, -0.05) is 19.4 Å².